The minimum absolute atomic E-state index is 0.0611. The first-order valence-electron chi connectivity index (χ1n) is 11.1. The fraction of sp³-hybridized carbons (Fsp3) is 0.400. The van der Waals surface area contributed by atoms with Gasteiger partial charge in [-0.05, 0) is 17.5 Å². The SMILES string of the molecule is CC(C)CN1CC(OCc2cccnc2)CN(Cc2nc(-c3ccccc3)cs2)CC1=O. The van der Waals surface area contributed by atoms with Crippen LogP contribution in [0.3, 0.4) is 0 Å². The van der Waals surface area contributed by atoms with Crippen LogP contribution in [0.5, 0.6) is 0 Å². The number of ether oxygens (including phenoxy) is 1. The first-order chi connectivity index (χ1) is 15.6. The molecule has 1 aliphatic rings. The summed E-state index contributed by atoms with van der Waals surface area (Å²) in [4.78, 5) is 26.1. The van der Waals surface area contributed by atoms with Gasteiger partial charge in [-0.15, -0.1) is 11.3 Å². The quantitative estimate of drug-likeness (QED) is 0.517. The predicted octanol–water partition coefficient (Wildman–Crippen LogP) is 4.09. The molecule has 168 valence electrons. The average Bonchev–Trinajstić information content (AvgIpc) is 3.20. The maximum absolute atomic E-state index is 13.0. The molecule has 1 unspecified atom stereocenters. The van der Waals surface area contributed by atoms with E-state index in [1.807, 2.05) is 41.4 Å². The van der Waals surface area contributed by atoms with Gasteiger partial charge in [-0.1, -0.05) is 50.2 Å². The van der Waals surface area contributed by atoms with Crippen molar-refractivity contribution in [3.63, 3.8) is 0 Å². The van der Waals surface area contributed by atoms with Crippen molar-refractivity contribution in [1.29, 1.82) is 0 Å². The van der Waals surface area contributed by atoms with Crippen LogP contribution >= 0.6 is 11.3 Å². The van der Waals surface area contributed by atoms with E-state index in [-0.39, 0.29) is 12.0 Å². The summed E-state index contributed by atoms with van der Waals surface area (Å²) in [5, 5.41) is 3.10. The van der Waals surface area contributed by atoms with Gasteiger partial charge in [-0.3, -0.25) is 14.7 Å². The van der Waals surface area contributed by atoms with Crippen molar-refractivity contribution in [2.24, 2.45) is 5.92 Å². The molecular weight excluding hydrogens is 420 g/mol. The minimum Gasteiger partial charge on any atom is -0.370 e. The summed E-state index contributed by atoms with van der Waals surface area (Å²) in [7, 11) is 0. The molecule has 3 aromatic rings. The molecule has 6 nitrogen and oxygen atoms in total. The fourth-order valence-corrected chi connectivity index (χ4v) is 4.75. The zero-order valence-electron chi connectivity index (χ0n) is 18.7. The first kappa shape index (κ1) is 22.6. The van der Waals surface area contributed by atoms with Gasteiger partial charge in [0.1, 0.15) is 5.01 Å². The zero-order valence-corrected chi connectivity index (χ0v) is 19.5. The molecule has 1 atom stereocenters. The van der Waals surface area contributed by atoms with Crippen molar-refractivity contribution in [2.45, 2.75) is 33.1 Å². The summed E-state index contributed by atoms with van der Waals surface area (Å²) in [6.07, 6.45) is 3.53. The Labute approximate surface area is 193 Å². The highest BCUT2D eigenvalue weighted by molar-refractivity contribution is 7.09. The number of aromatic nitrogens is 2. The van der Waals surface area contributed by atoms with E-state index >= 15 is 0 Å². The van der Waals surface area contributed by atoms with Crippen LogP contribution < -0.4 is 0 Å². The molecule has 0 radical (unpaired) electrons. The van der Waals surface area contributed by atoms with E-state index in [1.165, 1.54) is 0 Å². The number of rotatable bonds is 8. The Morgan fingerprint density at radius 1 is 1.16 bits per heavy atom. The number of hydrogen-bond acceptors (Lipinski definition) is 6. The molecule has 1 aromatic carbocycles. The number of nitrogens with zero attached hydrogens (tertiary/aromatic N) is 4. The smallest absolute Gasteiger partial charge is 0.236 e. The van der Waals surface area contributed by atoms with Gasteiger partial charge in [-0.2, -0.15) is 0 Å². The molecule has 7 heteroatoms. The number of pyridine rings is 1. The van der Waals surface area contributed by atoms with Crippen LogP contribution in [0.25, 0.3) is 11.3 Å². The van der Waals surface area contributed by atoms with Crippen LogP contribution in [0.4, 0.5) is 0 Å². The summed E-state index contributed by atoms with van der Waals surface area (Å²) in [6.45, 7) is 7.86. The molecule has 0 saturated carbocycles. The molecule has 1 saturated heterocycles. The lowest BCUT2D eigenvalue weighted by atomic mass is 10.2. The van der Waals surface area contributed by atoms with E-state index in [9.17, 15) is 4.79 Å². The number of hydrogen-bond donors (Lipinski definition) is 0. The van der Waals surface area contributed by atoms with Gasteiger partial charge in [-0.25, -0.2) is 4.98 Å². The molecule has 1 aliphatic heterocycles. The van der Waals surface area contributed by atoms with E-state index in [2.05, 4.69) is 41.2 Å². The molecule has 32 heavy (non-hydrogen) atoms. The lowest BCUT2D eigenvalue weighted by Gasteiger charge is -2.26. The maximum Gasteiger partial charge on any atom is 0.236 e. The van der Waals surface area contributed by atoms with Gasteiger partial charge < -0.3 is 9.64 Å². The second kappa shape index (κ2) is 10.8. The highest BCUT2D eigenvalue weighted by atomic mass is 32.1. The van der Waals surface area contributed by atoms with Crippen LogP contribution in [0.1, 0.15) is 24.4 Å². The van der Waals surface area contributed by atoms with Crippen molar-refractivity contribution in [3.05, 3.63) is 70.8 Å². The molecule has 0 N–H and O–H groups in total. The second-order valence-corrected chi connectivity index (χ2v) is 9.59. The van der Waals surface area contributed by atoms with Crippen LogP contribution in [-0.4, -0.2) is 58.0 Å². The molecule has 4 rings (SSSR count). The van der Waals surface area contributed by atoms with Gasteiger partial charge in [0.15, 0.2) is 0 Å². The van der Waals surface area contributed by atoms with Crippen LogP contribution in [0, 0.1) is 5.92 Å². The second-order valence-electron chi connectivity index (χ2n) is 8.65. The Kier molecular flexibility index (Phi) is 7.63. The Hall–Kier alpha value is -2.61. The minimum atomic E-state index is -0.0611. The molecular formula is C25H30N4O2S. The highest BCUT2D eigenvalue weighted by Gasteiger charge is 2.29. The van der Waals surface area contributed by atoms with Crippen LogP contribution in [0.2, 0.25) is 0 Å². The third kappa shape index (κ3) is 6.22. The third-order valence-electron chi connectivity index (χ3n) is 5.37. The summed E-state index contributed by atoms with van der Waals surface area (Å²) >= 11 is 1.64. The molecule has 0 aliphatic carbocycles. The van der Waals surface area contributed by atoms with Crippen molar-refractivity contribution in [1.82, 2.24) is 19.8 Å². The van der Waals surface area contributed by atoms with Crippen LogP contribution in [0.15, 0.2) is 60.2 Å². The van der Waals surface area contributed by atoms with E-state index in [0.29, 0.717) is 38.7 Å². The fourth-order valence-electron chi connectivity index (χ4n) is 3.91. The third-order valence-corrected chi connectivity index (χ3v) is 6.21. The van der Waals surface area contributed by atoms with Gasteiger partial charge in [0.2, 0.25) is 5.91 Å². The Balaban J connectivity index is 1.45. The average molecular weight is 451 g/mol. The summed E-state index contributed by atoms with van der Waals surface area (Å²) < 4.78 is 6.26. The molecule has 1 fully saturated rings. The molecule has 2 aromatic heterocycles. The molecule has 1 amide bonds. The first-order valence-corrected chi connectivity index (χ1v) is 11.9. The largest absolute Gasteiger partial charge is 0.370 e. The predicted molar refractivity (Wildman–Crippen MR) is 127 cm³/mol. The number of carbonyl (C=O) groups is 1. The van der Waals surface area contributed by atoms with Gasteiger partial charge in [0.05, 0.1) is 31.5 Å². The van der Waals surface area contributed by atoms with E-state index in [4.69, 9.17) is 9.72 Å². The summed E-state index contributed by atoms with van der Waals surface area (Å²) in [5.41, 5.74) is 3.14. The highest BCUT2D eigenvalue weighted by Crippen LogP contribution is 2.23. The van der Waals surface area contributed by atoms with E-state index in [0.717, 1.165) is 28.4 Å². The van der Waals surface area contributed by atoms with Gasteiger partial charge >= 0.3 is 0 Å². The normalized spacial score (nSPS) is 17.7. The lowest BCUT2D eigenvalue weighted by molar-refractivity contribution is -0.132. The molecule has 0 bridgehead atoms. The topological polar surface area (TPSA) is 58.6 Å². The van der Waals surface area contributed by atoms with Crippen molar-refractivity contribution >= 4 is 17.2 Å². The zero-order chi connectivity index (χ0) is 22.3. The summed E-state index contributed by atoms with van der Waals surface area (Å²) in [6, 6.07) is 14.1. The molecule has 3 heterocycles. The number of carbonyl (C=O) groups excluding carboxylic acids is 1. The Morgan fingerprint density at radius 3 is 2.75 bits per heavy atom. The van der Waals surface area contributed by atoms with E-state index < -0.39 is 0 Å². The Morgan fingerprint density at radius 2 is 2.00 bits per heavy atom. The van der Waals surface area contributed by atoms with E-state index in [1.54, 1.807) is 17.5 Å². The lowest BCUT2D eigenvalue weighted by Crippen LogP contribution is -2.40. The van der Waals surface area contributed by atoms with Crippen molar-refractivity contribution < 1.29 is 9.53 Å². The molecule has 0 spiro atoms. The van der Waals surface area contributed by atoms with Crippen LogP contribution in [-0.2, 0) is 22.7 Å². The number of benzene rings is 1. The van der Waals surface area contributed by atoms with Crippen molar-refractivity contribution in [2.75, 3.05) is 26.2 Å². The Bertz CT molecular complexity index is 993. The monoisotopic (exact) mass is 450 g/mol. The number of thiazole rings is 1. The number of amides is 1. The van der Waals surface area contributed by atoms with Gasteiger partial charge in [0, 0.05) is 43.0 Å². The standard InChI is InChI=1S/C25H30N4O2S/c1-19(2)12-29-14-22(31-17-20-7-6-10-26-11-20)13-28(16-25(29)30)15-24-27-23(18-32-24)21-8-4-3-5-9-21/h3-11,18-19,22H,12-17H2,1-2H3. The van der Waals surface area contributed by atoms with Crippen molar-refractivity contribution in [3.8, 4) is 11.3 Å². The summed E-state index contributed by atoms with van der Waals surface area (Å²) in [5.74, 6) is 0.572. The van der Waals surface area contributed by atoms with Gasteiger partial charge in [0.25, 0.3) is 0 Å². The maximum atomic E-state index is 13.0.